The second-order valence-corrected chi connectivity index (χ2v) is 7.97. The summed E-state index contributed by atoms with van der Waals surface area (Å²) in [6.07, 6.45) is 15.0. The molecule has 0 spiro atoms. The van der Waals surface area contributed by atoms with Crippen LogP contribution in [0.1, 0.15) is 77.6 Å². The van der Waals surface area contributed by atoms with Gasteiger partial charge in [-0.05, 0) is 43.5 Å². The fourth-order valence-corrected chi connectivity index (χ4v) is 3.37. The van der Waals surface area contributed by atoms with Gasteiger partial charge in [0.2, 0.25) is 0 Å². The molecule has 3 N–H and O–H groups in total. The largest absolute Gasteiger partial charge is 1.00 e. The molecule has 0 heterocycles. The van der Waals surface area contributed by atoms with Gasteiger partial charge in [0.15, 0.2) is 0 Å². The Morgan fingerprint density at radius 2 is 1.16 bits per heavy atom. The molecule has 1 aromatic rings. The average Bonchev–Trinajstić information content (AvgIpc) is 2.55. The minimum Gasteiger partial charge on any atom is -1.00 e. The number of hydrogen-bond donors (Lipinski definition) is 2. The molecular formula is C19H34NNaO3S. The van der Waals surface area contributed by atoms with Crippen molar-refractivity contribution in [1.29, 1.82) is 0 Å². The fraction of sp³-hybridized carbons (Fsp3) is 0.684. The van der Waals surface area contributed by atoms with Gasteiger partial charge in [-0.25, -0.2) is 0 Å². The van der Waals surface area contributed by atoms with Gasteiger partial charge in [0, 0.05) is 0 Å². The van der Waals surface area contributed by atoms with Gasteiger partial charge in [-0.1, -0.05) is 69.9 Å². The molecule has 0 aromatic heterocycles. The van der Waals surface area contributed by atoms with Crippen molar-refractivity contribution in [1.82, 2.24) is 0 Å². The van der Waals surface area contributed by atoms with Crippen LogP contribution >= 0.6 is 0 Å². The zero-order valence-electron chi connectivity index (χ0n) is 16.8. The van der Waals surface area contributed by atoms with Crippen molar-refractivity contribution in [3.05, 3.63) is 29.8 Å². The Balaban J connectivity index is 0. The SMILES string of the molecule is NCCCCCCCCCCCCCc1ccc(S(=O)(=O)O)cc1.[H-].[Na+]. The molecule has 0 saturated heterocycles. The van der Waals surface area contributed by atoms with E-state index in [9.17, 15) is 8.42 Å². The molecule has 0 fully saturated rings. The Kier molecular flexibility index (Phi) is 15.2. The summed E-state index contributed by atoms with van der Waals surface area (Å²) < 4.78 is 30.9. The van der Waals surface area contributed by atoms with Crippen molar-refractivity contribution in [2.45, 2.75) is 81.9 Å². The van der Waals surface area contributed by atoms with Crippen LogP contribution in [-0.2, 0) is 16.5 Å². The van der Waals surface area contributed by atoms with Crippen molar-refractivity contribution in [3.8, 4) is 0 Å². The van der Waals surface area contributed by atoms with E-state index in [0.717, 1.165) is 24.9 Å². The molecule has 0 aliphatic carbocycles. The van der Waals surface area contributed by atoms with Crippen LogP contribution in [0.2, 0.25) is 0 Å². The molecule has 1 rings (SSSR count). The first-order valence-electron chi connectivity index (χ1n) is 9.30. The number of rotatable bonds is 14. The molecule has 0 unspecified atom stereocenters. The first kappa shape index (κ1) is 25.1. The molecule has 0 bridgehead atoms. The summed E-state index contributed by atoms with van der Waals surface area (Å²) >= 11 is 0. The second kappa shape index (κ2) is 15.2. The summed E-state index contributed by atoms with van der Waals surface area (Å²) in [5, 5.41) is 0. The summed E-state index contributed by atoms with van der Waals surface area (Å²) in [5.41, 5.74) is 6.60. The minimum absolute atomic E-state index is 0. The maximum Gasteiger partial charge on any atom is 1.00 e. The van der Waals surface area contributed by atoms with Gasteiger partial charge in [-0.2, -0.15) is 8.42 Å². The number of hydrogen-bond acceptors (Lipinski definition) is 3. The quantitative estimate of drug-likeness (QED) is 0.294. The van der Waals surface area contributed by atoms with Crippen LogP contribution in [-0.4, -0.2) is 19.5 Å². The van der Waals surface area contributed by atoms with Gasteiger partial charge >= 0.3 is 29.6 Å². The minimum atomic E-state index is -4.07. The third kappa shape index (κ3) is 13.0. The van der Waals surface area contributed by atoms with Crippen LogP contribution in [0, 0.1) is 0 Å². The van der Waals surface area contributed by atoms with Crippen LogP contribution in [0.15, 0.2) is 29.2 Å². The van der Waals surface area contributed by atoms with E-state index in [1.807, 2.05) is 0 Å². The molecule has 25 heavy (non-hydrogen) atoms. The smallest absolute Gasteiger partial charge is 1.00 e. The maximum atomic E-state index is 11.0. The summed E-state index contributed by atoms with van der Waals surface area (Å²) in [6, 6.07) is 6.51. The third-order valence-corrected chi connectivity index (χ3v) is 5.26. The Bertz CT molecular complexity index is 538. The topological polar surface area (TPSA) is 80.4 Å². The molecular weight excluding hydrogens is 345 g/mol. The van der Waals surface area contributed by atoms with E-state index in [0.29, 0.717) is 0 Å². The summed E-state index contributed by atoms with van der Waals surface area (Å²) in [5.74, 6) is 0. The maximum absolute atomic E-state index is 11.0. The Morgan fingerprint density at radius 1 is 0.760 bits per heavy atom. The molecule has 0 atom stereocenters. The van der Waals surface area contributed by atoms with Crippen LogP contribution in [0.5, 0.6) is 0 Å². The summed E-state index contributed by atoms with van der Waals surface area (Å²) in [6.45, 7) is 0.824. The number of aryl methyl sites for hydroxylation is 1. The van der Waals surface area contributed by atoms with Gasteiger partial charge in [0.25, 0.3) is 10.1 Å². The van der Waals surface area contributed by atoms with E-state index < -0.39 is 10.1 Å². The molecule has 0 aliphatic rings. The standard InChI is InChI=1S/C19H33NO3S.Na.H/c20-17-11-9-7-5-3-1-2-4-6-8-10-12-18-13-15-19(16-14-18)24(21,22)23;;/h13-16H,1-12,17,20H2,(H,21,22,23);;/q;+1;-1. The molecule has 4 nitrogen and oxygen atoms in total. The van der Waals surface area contributed by atoms with Gasteiger partial charge in [-0.15, -0.1) is 0 Å². The monoisotopic (exact) mass is 379 g/mol. The van der Waals surface area contributed by atoms with E-state index in [1.165, 1.54) is 76.3 Å². The Labute approximate surface area is 177 Å². The molecule has 140 valence electrons. The van der Waals surface area contributed by atoms with Crippen LogP contribution in [0.3, 0.4) is 0 Å². The second-order valence-electron chi connectivity index (χ2n) is 6.55. The Morgan fingerprint density at radius 3 is 1.56 bits per heavy atom. The van der Waals surface area contributed by atoms with Crippen LogP contribution < -0.4 is 35.3 Å². The average molecular weight is 380 g/mol. The summed E-state index contributed by atoms with van der Waals surface area (Å²) in [4.78, 5) is -0.0331. The van der Waals surface area contributed by atoms with E-state index in [2.05, 4.69) is 0 Å². The first-order chi connectivity index (χ1) is 11.5. The summed E-state index contributed by atoms with van der Waals surface area (Å²) in [7, 11) is -4.07. The van der Waals surface area contributed by atoms with Crippen molar-refractivity contribution in [2.24, 2.45) is 5.73 Å². The van der Waals surface area contributed by atoms with Gasteiger partial charge < -0.3 is 7.16 Å². The van der Waals surface area contributed by atoms with E-state index in [4.69, 9.17) is 10.3 Å². The molecule has 0 aliphatic heterocycles. The van der Waals surface area contributed by atoms with Crippen molar-refractivity contribution in [3.63, 3.8) is 0 Å². The number of nitrogens with two attached hydrogens (primary N) is 1. The molecule has 1 aromatic carbocycles. The van der Waals surface area contributed by atoms with Crippen LogP contribution in [0.25, 0.3) is 0 Å². The number of unbranched alkanes of at least 4 members (excludes halogenated alkanes) is 10. The van der Waals surface area contributed by atoms with E-state index in [1.54, 1.807) is 12.1 Å². The first-order valence-corrected chi connectivity index (χ1v) is 10.7. The van der Waals surface area contributed by atoms with Gasteiger partial charge in [0.1, 0.15) is 0 Å². The van der Waals surface area contributed by atoms with Crippen LogP contribution in [0.4, 0.5) is 0 Å². The van der Waals surface area contributed by atoms with Gasteiger partial charge in [0.05, 0.1) is 4.90 Å². The van der Waals surface area contributed by atoms with Crippen molar-refractivity contribution < 1.29 is 44.0 Å². The molecule has 0 amide bonds. The van der Waals surface area contributed by atoms with Crippen molar-refractivity contribution >= 4 is 10.1 Å². The van der Waals surface area contributed by atoms with E-state index in [-0.39, 0.29) is 35.9 Å². The normalized spacial score (nSPS) is 11.3. The Hall–Kier alpha value is 0.0900. The van der Waals surface area contributed by atoms with Gasteiger partial charge in [-0.3, -0.25) is 4.55 Å². The zero-order chi connectivity index (χ0) is 17.7. The molecule has 6 heteroatoms. The predicted molar refractivity (Wildman–Crippen MR) is 101 cm³/mol. The molecule has 0 saturated carbocycles. The van der Waals surface area contributed by atoms with Crippen molar-refractivity contribution in [2.75, 3.05) is 6.54 Å². The third-order valence-electron chi connectivity index (χ3n) is 4.39. The fourth-order valence-electron chi connectivity index (χ4n) is 2.89. The zero-order valence-corrected chi connectivity index (χ0v) is 18.6. The number of benzene rings is 1. The molecule has 0 radical (unpaired) electrons. The predicted octanol–water partition coefficient (Wildman–Crippen LogP) is 1.84. The van der Waals surface area contributed by atoms with E-state index >= 15 is 0 Å².